The van der Waals surface area contributed by atoms with Gasteiger partial charge in [0.25, 0.3) is 0 Å². The highest BCUT2D eigenvalue weighted by Crippen LogP contribution is 2.21. The second-order valence-corrected chi connectivity index (χ2v) is 8.68. The standard InChI is InChI=1S/C25H35N5O2/c1-2-27-10-12-28(13-11-27)20-22-8-6-21(7-9-22)19-26-25(32)30-16-14-29(15-17-30)23-4-3-5-24(31)18-23/h3-9,18,31H,2,10-17,19-20H2,1H3,(H,26,32). The summed E-state index contributed by atoms with van der Waals surface area (Å²) in [5.41, 5.74) is 3.45. The smallest absolute Gasteiger partial charge is 0.317 e. The number of nitrogens with zero attached hydrogens (tertiary/aromatic N) is 4. The lowest BCUT2D eigenvalue weighted by molar-refractivity contribution is 0.132. The summed E-state index contributed by atoms with van der Waals surface area (Å²) in [6, 6.07) is 15.9. The third-order valence-corrected chi connectivity index (χ3v) is 6.55. The molecule has 0 radical (unpaired) electrons. The van der Waals surface area contributed by atoms with E-state index in [0.717, 1.165) is 63.6 Å². The Hall–Kier alpha value is -2.77. The molecule has 7 nitrogen and oxygen atoms in total. The van der Waals surface area contributed by atoms with Gasteiger partial charge >= 0.3 is 6.03 Å². The van der Waals surface area contributed by atoms with Crippen LogP contribution in [0, 0.1) is 0 Å². The van der Waals surface area contributed by atoms with E-state index in [-0.39, 0.29) is 11.8 Å². The first kappa shape index (κ1) is 22.4. The van der Waals surface area contributed by atoms with Crippen molar-refractivity contribution in [3.8, 4) is 5.75 Å². The van der Waals surface area contributed by atoms with Crippen molar-refractivity contribution in [1.82, 2.24) is 20.0 Å². The summed E-state index contributed by atoms with van der Waals surface area (Å²) < 4.78 is 0. The van der Waals surface area contributed by atoms with E-state index in [1.807, 2.05) is 17.0 Å². The summed E-state index contributed by atoms with van der Waals surface area (Å²) in [6.45, 7) is 12.3. The molecule has 0 atom stereocenters. The average molecular weight is 438 g/mol. The highest BCUT2D eigenvalue weighted by Gasteiger charge is 2.21. The van der Waals surface area contributed by atoms with Gasteiger partial charge in [-0.2, -0.15) is 0 Å². The van der Waals surface area contributed by atoms with Crippen molar-refractivity contribution in [1.29, 1.82) is 0 Å². The monoisotopic (exact) mass is 437 g/mol. The number of phenolic OH excluding ortho intramolecular Hbond substituents is 1. The highest BCUT2D eigenvalue weighted by atomic mass is 16.3. The molecule has 2 amide bonds. The molecule has 0 unspecified atom stereocenters. The number of amides is 2. The number of urea groups is 1. The number of hydrogen-bond donors (Lipinski definition) is 2. The van der Waals surface area contributed by atoms with Crippen molar-refractivity contribution in [2.75, 3.05) is 63.8 Å². The van der Waals surface area contributed by atoms with Gasteiger partial charge in [0.2, 0.25) is 0 Å². The molecular weight excluding hydrogens is 402 g/mol. The molecule has 2 N–H and O–H groups in total. The van der Waals surface area contributed by atoms with Crippen molar-refractivity contribution >= 4 is 11.7 Å². The summed E-state index contributed by atoms with van der Waals surface area (Å²) in [5.74, 6) is 0.271. The molecule has 0 saturated carbocycles. The van der Waals surface area contributed by atoms with Crippen LogP contribution in [0.15, 0.2) is 48.5 Å². The van der Waals surface area contributed by atoms with E-state index in [9.17, 15) is 9.90 Å². The van der Waals surface area contributed by atoms with Gasteiger partial charge < -0.3 is 25.1 Å². The fourth-order valence-corrected chi connectivity index (χ4v) is 4.43. The Kier molecular flexibility index (Phi) is 7.50. The van der Waals surface area contributed by atoms with Crippen LogP contribution in [-0.4, -0.2) is 84.7 Å². The Morgan fingerprint density at radius 1 is 0.875 bits per heavy atom. The molecule has 2 saturated heterocycles. The number of aromatic hydroxyl groups is 1. The summed E-state index contributed by atoms with van der Waals surface area (Å²) in [6.07, 6.45) is 0. The first-order valence-electron chi connectivity index (χ1n) is 11.7. The molecule has 0 bridgehead atoms. The van der Waals surface area contributed by atoms with Gasteiger partial charge in [-0.25, -0.2) is 4.79 Å². The number of anilines is 1. The molecule has 4 rings (SSSR count). The molecule has 2 aliphatic rings. The average Bonchev–Trinajstić information content (AvgIpc) is 2.84. The molecular formula is C25H35N5O2. The minimum absolute atomic E-state index is 0.0153. The van der Waals surface area contributed by atoms with Gasteiger partial charge in [0, 0.05) is 77.2 Å². The van der Waals surface area contributed by atoms with Gasteiger partial charge in [-0.15, -0.1) is 0 Å². The maximum atomic E-state index is 12.6. The zero-order valence-electron chi connectivity index (χ0n) is 19.0. The van der Waals surface area contributed by atoms with Gasteiger partial charge in [0.1, 0.15) is 5.75 Å². The Labute approximate surface area is 191 Å². The van der Waals surface area contributed by atoms with E-state index in [1.54, 1.807) is 12.1 Å². The van der Waals surface area contributed by atoms with Gasteiger partial charge in [0.15, 0.2) is 0 Å². The number of carbonyl (C=O) groups excluding carboxylic acids is 1. The normalized spacial score (nSPS) is 18.0. The SMILES string of the molecule is CCN1CCN(Cc2ccc(CNC(=O)N3CCN(c4cccc(O)c4)CC3)cc2)CC1. The molecule has 2 heterocycles. The molecule has 7 heteroatoms. The second-order valence-electron chi connectivity index (χ2n) is 8.68. The molecule has 32 heavy (non-hydrogen) atoms. The van der Waals surface area contributed by atoms with E-state index in [0.29, 0.717) is 19.6 Å². The van der Waals surface area contributed by atoms with Crippen LogP contribution in [0.3, 0.4) is 0 Å². The summed E-state index contributed by atoms with van der Waals surface area (Å²) in [5, 5.41) is 12.7. The van der Waals surface area contributed by atoms with E-state index >= 15 is 0 Å². The van der Waals surface area contributed by atoms with Gasteiger partial charge in [-0.1, -0.05) is 37.3 Å². The minimum atomic E-state index is -0.0153. The molecule has 2 fully saturated rings. The Bertz CT molecular complexity index is 872. The molecule has 2 aromatic rings. The van der Waals surface area contributed by atoms with Crippen LogP contribution in [-0.2, 0) is 13.1 Å². The van der Waals surface area contributed by atoms with Crippen LogP contribution in [0.1, 0.15) is 18.1 Å². The number of nitrogens with one attached hydrogen (secondary N) is 1. The lowest BCUT2D eigenvalue weighted by atomic mass is 10.1. The summed E-state index contributed by atoms with van der Waals surface area (Å²) in [7, 11) is 0. The van der Waals surface area contributed by atoms with Gasteiger partial charge in [0.05, 0.1) is 0 Å². The number of rotatable bonds is 6. The molecule has 0 aliphatic carbocycles. The van der Waals surface area contributed by atoms with Crippen molar-refractivity contribution in [2.45, 2.75) is 20.0 Å². The van der Waals surface area contributed by atoms with Crippen LogP contribution in [0.25, 0.3) is 0 Å². The number of phenols is 1. The maximum Gasteiger partial charge on any atom is 0.317 e. The first-order valence-corrected chi connectivity index (χ1v) is 11.7. The lowest BCUT2D eigenvalue weighted by Crippen LogP contribution is -2.51. The van der Waals surface area contributed by atoms with Crippen molar-refractivity contribution < 1.29 is 9.90 Å². The highest BCUT2D eigenvalue weighted by molar-refractivity contribution is 5.74. The molecule has 172 valence electrons. The van der Waals surface area contributed by atoms with Crippen molar-refractivity contribution in [3.05, 3.63) is 59.7 Å². The van der Waals surface area contributed by atoms with E-state index in [2.05, 4.69) is 51.2 Å². The fraction of sp³-hybridized carbons (Fsp3) is 0.480. The van der Waals surface area contributed by atoms with Crippen molar-refractivity contribution in [2.24, 2.45) is 0 Å². The molecule has 2 aromatic carbocycles. The summed E-state index contributed by atoms with van der Waals surface area (Å²) >= 11 is 0. The number of carbonyl (C=O) groups is 1. The third kappa shape index (κ3) is 5.93. The Morgan fingerprint density at radius 2 is 1.53 bits per heavy atom. The zero-order chi connectivity index (χ0) is 22.3. The third-order valence-electron chi connectivity index (χ3n) is 6.55. The van der Waals surface area contributed by atoms with Crippen molar-refractivity contribution in [3.63, 3.8) is 0 Å². The number of hydrogen-bond acceptors (Lipinski definition) is 5. The summed E-state index contributed by atoms with van der Waals surface area (Å²) in [4.78, 5) is 21.7. The van der Waals surface area contributed by atoms with E-state index in [4.69, 9.17) is 0 Å². The predicted octanol–water partition coefficient (Wildman–Crippen LogP) is 2.56. The number of likely N-dealkylation sites (N-methyl/N-ethyl adjacent to an activating group) is 1. The van der Waals surface area contributed by atoms with E-state index < -0.39 is 0 Å². The second kappa shape index (κ2) is 10.7. The number of piperazine rings is 2. The van der Waals surface area contributed by atoms with Gasteiger partial charge in [-0.3, -0.25) is 4.90 Å². The van der Waals surface area contributed by atoms with Crippen LogP contribution in [0.4, 0.5) is 10.5 Å². The Morgan fingerprint density at radius 3 is 2.19 bits per heavy atom. The molecule has 2 aliphatic heterocycles. The zero-order valence-corrected chi connectivity index (χ0v) is 19.0. The van der Waals surface area contributed by atoms with E-state index in [1.165, 1.54) is 5.56 Å². The largest absolute Gasteiger partial charge is 0.508 e. The lowest BCUT2D eigenvalue weighted by Gasteiger charge is -2.36. The molecule has 0 spiro atoms. The van der Waals surface area contributed by atoms with Crippen LogP contribution >= 0.6 is 0 Å². The minimum Gasteiger partial charge on any atom is -0.508 e. The van der Waals surface area contributed by atoms with Crippen LogP contribution < -0.4 is 10.2 Å². The fourth-order valence-electron chi connectivity index (χ4n) is 4.43. The maximum absolute atomic E-state index is 12.6. The topological polar surface area (TPSA) is 62.3 Å². The first-order chi connectivity index (χ1) is 15.6. The molecule has 0 aromatic heterocycles. The van der Waals surface area contributed by atoms with Gasteiger partial charge in [-0.05, 0) is 29.8 Å². The quantitative estimate of drug-likeness (QED) is 0.727. The van der Waals surface area contributed by atoms with Crippen LogP contribution in [0.2, 0.25) is 0 Å². The van der Waals surface area contributed by atoms with Crippen LogP contribution in [0.5, 0.6) is 5.75 Å². The predicted molar refractivity (Wildman–Crippen MR) is 128 cm³/mol. The number of benzene rings is 2. The Balaban J connectivity index is 1.19.